The number of hydroxylamine groups is 1. The molecule has 5 heteroatoms. The minimum Gasteiger partial charge on any atom is -0.467 e. The molecule has 0 aliphatic rings. The van der Waals surface area contributed by atoms with Crippen molar-refractivity contribution in [1.82, 2.24) is 5.48 Å². The van der Waals surface area contributed by atoms with Gasteiger partial charge in [-0.3, -0.25) is 9.63 Å². The normalized spacial score (nSPS) is 11.4. The van der Waals surface area contributed by atoms with Gasteiger partial charge in [-0.05, 0) is 26.0 Å². The maximum atomic E-state index is 11.3. The minimum atomic E-state index is -0.629. The van der Waals surface area contributed by atoms with Crippen LogP contribution in [0.2, 0.25) is 0 Å². The molecule has 1 N–H and O–H groups in total. The minimum absolute atomic E-state index is 0.224. The monoisotopic (exact) mass is 261 g/mol. The van der Waals surface area contributed by atoms with Crippen molar-refractivity contribution in [2.75, 3.05) is 0 Å². The Labute approximate surface area is 90.7 Å². The summed E-state index contributed by atoms with van der Waals surface area (Å²) in [6, 6.07) is 3.53. The van der Waals surface area contributed by atoms with Gasteiger partial charge in [-0.15, -0.1) is 0 Å². The van der Waals surface area contributed by atoms with Gasteiger partial charge in [-0.25, -0.2) is 5.48 Å². The quantitative estimate of drug-likeness (QED) is 0.667. The topological polar surface area (TPSA) is 51.5 Å². The number of carbonyl (C=O) groups excluding carboxylic acids is 1. The second-order valence-corrected chi connectivity index (χ2v) is 5.25. The molecule has 1 aromatic heterocycles. The van der Waals surface area contributed by atoms with Gasteiger partial charge in [0.15, 0.2) is 0 Å². The van der Waals surface area contributed by atoms with E-state index >= 15 is 0 Å². The molecule has 0 saturated heterocycles. The lowest BCUT2D eigenvalue weighted by molar-refractivity contribution is -0.136. The highest BCUT2D eigenvalue weighted by molar-refractivity contribution is 9.10. The molecule has 0 aliphatic carbocycles. The van der Waals surface area contributed by atoms with Gasteiger partial charge in [0.2, 0.25) is 0 Å². The van der Waals surface area contributed by atoms with Gasteiger partial charge in [-0.1, -0.05) is 15.9 Å². The van der Waals surface area contributed by atoms with Gasteiger partial charge >= 0.3 is 0 Å². The molecule has 78 valence electrons. The second-order valence-electron chi connectivity index (χ2n) is 3.27. The van der Waals surface area contributed by atoms with Gasteiger partial charge in [-0.2, -0.15) is 0 Å². The Hall–Kier alpha value is -0.810. The summed E-state index contributed by atoms with van der Waals surface area (Å²) in [6.07, 6.45) is 1.55. The van der Waals surface area contributed by atoms with Crippen molar-refractivity contribution in [1.29, 1.82) is 0 Å². The Morgan fingerprint density at radius 3 is 2.93 bits per heavy atom. The summed E-state index contributed by atoms with van der Waals surface area (Å²) in [5, 5.41) is 0. The highest BCUT2D eigenvalue weighted by atomic mass is 79.9. The van der Waals surface area contributed by atoms with E-state index in [4.69, 9.17) is 9.25 Å². The molecule has 0 bridgehead atoms. The molecule has 14 heavy (non-hydrogen) atoms. The number of nitrogens with one attached hydrogen (secondary N) is 1. The Bertz CT molecular complexity index is 290. The van der Waals surface area contributed by atoms with E-state index < -0.39 is 4.32 Å². The number of halogens is 1. The van der Waals surface area contributed by atoms with Crippen molar-refractivity contribution < 1.29 is 14.0 Å². The number of hydrogen-bond donors (Lipinski definition) is 1. The predicted octanol–water partition coefficient (Wildman–Crippen LogP) is 2.00. The molecule has 0 atom stereocenters. The molecule has 1 rings (SSSR count). The highest BCUT2D eigenvalue weighted by Crippen LogP contribution is 2.15. The van der Waals surface area contributed by atoms with E-state index in [1.165, 1.54) is 0 Å². The third-order valence-corrected chi connectivity index (χ3v) is 1.86. The van der Waals surface area contributed by atoms with Crippen LogP contribution in [-0.4, -0.2) is 10.2 Å². The smallest absolute Gasteiger partial charge is 0.259 e. The number of alkyl halides is 1. The molecule has 0 aromatic carbocycles. The Kier molecular flexibility index (Phi) is 3.71. The van der Waals surface area contributed by atoms with Gasteiger partial charge in [0.25, 0.3) is 5.91 Å². The van der Waals surface area contributed by atoms with Crippen LogP contribution in [0.3, 0.4) is 0 Å². The highest BCUT2D eigenvalue weighted by Gasteiger charge is 2.23. The van der Waals surface area contributed by atoms with Crippen LogP contribution in [0.1, 0.15) is 19.6 Å². The third-order valence-electron chi connectivity index (χ3n) is 1.50. The molecule has 0 saturated carbocycles. The third kappa shape index (κ3) is 3.51. The maximum absolute atomic E-state index is 11.3. The van der Waals surface area contributed by atoms with Gasteiger partial charge in [0.05, 0.1) is 6.26 Å². The molecule has 1 aromatic rings. The van der Waals surface area contributed by atoms with E-state index in [9.17, 15) is 4.79 Å². The molecular weight excluding hydrogens is 250 g/mol. The molecule has 0 fully saturated rings. The summed E-state index contributed by atoms with van der Waals surface area (Å²) < 4.78 is 4.38. The first-order valence-electron chi connectivity index (χ1n) is 4.13. The largest absolute Gasteiger partial charge is 0.467 e. The Morgan fingerprint density at radius 1 is 1.71 bits per heavy atom. The van der Waals surface area contributed by atoms with E-state index in [2.05, 4.69) is 21.4 Å². The van der Waals surface area contributed by atoms with Crippen molar-refractivity contribution in [3.8, 4) is 0 Å². The summed E-state index contributed by atoms with van der Waals surface area (Å²) in [4.78, 5) is 16.2. The lowest BCUT2D eigenvalue weighted by atomic mass is 10.2. The first-order chi connectivity index (χ1) is 6.50. The Morgan fingerprint density at radius 2 is 2.43 bits per heavy atom. The number of furan rings is 1. The van der Waals surface area contributed by atoms with E-state index in [0.717, 1.165) is 0 Å². The average molecular weight is 262 g/mol. The number of rotatable bonds is 4. The molecule has 0 spiro atoms. The van der Waals surface area contributed by atoms with Crippen molar-refractivity contribution in [3.05, 3.63) is 24.2 Å². The molecule has 1 heterocycles. The van der Waals surface area contributed by atoms with Crippen molar-refractivity contribution in [3.63, 3.8) is 0 Å². The fourth-order valence-electron chi connectivity index (χ4n) is 0.689. The number of hydrogen-bond acceptors (Lipinski definition) is 3. The van der Waals surface area contributed by atoms with Crippen LogP contribution >= 0.6 is 15.9 Å². The van der Waals surface area contributed by atoms with E-state index in [1.807, 2.05) is 0 Å². The predicted molar refractivity (Wildman–Crippen MR) is 54.6 cm³/mol. The summed E-state index contributed by atoms with van der Waals surface area (Å²) in [5.74, 6) is 0.432. The average Bonchev–Trinajstić information content (AvgIpc) is 2.55. The lowest BCUT2D eigenvalue weighted by Gasteiger charge is -2.14. The van der Waals surface area contributed by atoms with Crippen LogP contribution in [0.15, 0.2) is 22.8 Å². The van der Waals surface area contributed by atoms with Crippen LogP contribution in [0.4, 0.5) is 0 Å². The molecule has 4 nitrogen and oxygen atoms in total. The van der Waals surface area contributed by atoms with E-state index in [0.29, 0.717) is 5.76 Å². The van der Waals surface area contributed by atoms with Crippen molar-refractivity contribution in [2.45, 2.75) is 24.8 Å². The molecule has 0 aliphatic heterocycles. The SMILES string of the molecule is CC(C)(Br)C(=O)NOCc1ccco1. The van der Waals surface area contributed by atoms with Crippen LogP contribution in [-0.2, 0) is 16.2 Å². The van der Waals surface area contributed by atoms with Crippen LogP contribution in [0.25, 0.3) is 0 Å². The zero-order valence-corrected chi connectivity index (χ0v) is 9.63. The zero-order valence-electron chi connectivity index (χ0n) is 8.04. The second kappa shape index (κ2) is 4.61. The maximum Gasteiger partial charge on any atom is 0.259 e. The standard InChI is InChI=1S/C9H12BrNO3/c1-9(2,10)8(12)11-14-6-7-4-3-5-13-7/h3-5H,6H2,1-2H3,(H,11,12). The van der Waals surface area contributed by atoms with Gasteiger partial charge < -0.3 is 4.42 Å². The number of carbonyl (C=O) groups is 1. The van der Waals surface area contributed by atoms with Gasteiger partial charge in [0, 0.05) is 0 Å². The molecular formula is C9H12BrNO3. The lowest BCUT2D eigenvalue weighted by Crippen LogP contribution is -2.37. The van der Waals surface area contributed by atoms with E-state index in [1.54, 1.807) is 32.2 Å². The van der Waals surface area contributed by atoms with Crippen LogP contribution in [0.5, 0.6) is 0 Å². The molecule has 0 unspecified atom stereocenters. The van der Waals surface area contributed by atoms with Crippen LogP contribution < -0.4 is 5.48 Å². The number of amides is 1. The molecule has 0 radical (unpaired) electrons. The zero-order chi connectivity index (χ0) is 10.6. The molecule has 1 amide bonds. The van der Waals surface area contributed by atoms with Crippen LogP contribution in [0, 0.1) is 0 Å². The summed E-state index contributed by atoms with van der Waals surface area (Å²) >= 11 is 3.21. The Balaban J connectivity index is 2.26. The van der Waals surface area contributed by atoms with E-state index in [-0.39, 0.29) is 12.5 Å². The summed E-state index contributed by atoms with van der Waals surface area (Å²) in [5.41, 5.74) is 2.32. The fourth-order valence-corrected chi connectivity index (χ4v) is 0.770. The summed E-state index contributed by atoms with van der Waals surface area (Å²) in [6.45, 7) is 3.69. The first-order valence-corrected chi connectivity index (χ1v) is 4.93. The fraction of sp³-hybridized carbons (Fsp3) is 0.444. The first kappa shape index (κ1) is 11.3. The van der Waals surface area contributed by atoms with Crippen molar-refractivity contribution in [2.24, 2.45) is 0 Å². The summed E-state index contributed by atoms with van der Waals surface area (Å²) in [7, 11) is 0. The van der Waals surface area contributed by atoms with Crippen molar-refractivity contribution >= 4 is 21.8 Å². The van der Waals surface area contributed by atoms with Gasteiger partial charge in [0.1, 0.15) is 16.7 Å².